The first-order valence-electron chi connectivity index (χ1n) is 5.83. The fourth-order valence-corrected chi connectivity index (χ4v) is 2.78. The summed E-state index contributed by atoms with van der Waals surface area (Å²) >= 11 is 1.53. The molecule has 0 aliphatic heterocycles. The van der Waals surface area contributed by atoms with Gasteiger partial charge in [-0.1, -0.05) is 0 Å². The highest BCUT2D eigenvalue weighted by atomic mass is 32.1. The van der Waals surface area contributed by atoms with Crippen molar-refractivity contribution in [3.63, 3.8) is 0 Å². The van der Waals surface area contributed by atoms with Crippen LogP contribution in [0.3, 0.4) is 0 Å². The number of fused-ring (bicyclic) bond motifs is 1. The Bertz CT molecular complexity index is 806. The topological polar surface area (TPSA) is 51.6 Å². The molecule has 0 bridgehead atoms. The molecule has 4 nitrogen and oxygen atoms in total. The molecule has 0 saturated carbocycles. The summed E-state index contributed by atoms with van der Waals surface area (Å²) in [5.41, 5.74) is 0.846. The Morgan fingerprint density at radius 3 is 2.85 bits per heavy atom. The Labute approximate surface area is 118 Å². The van der Waals surface area contributed by atoms with Crippen LogP contribution in [-0.2, 0) is 0 Å². The van der Waals surface area contributed by atoms with Gasteiger partial charge in [0.05, 0.1) is 10.2 Å². The van der Waals surface area contributed by atoms with E-state index in [-0.39, 0.29) is 11.4 Å². The van der Waals surface area contributed by atoms with Gasteiger partial charge in [-0.3, -0.25) is 4.98 Å². The van der Waals surface area contributed by atoms with E-state index in [9.17, 15) is 9.30 Å². The first-order valence-corrected chi connectivity index (χ1v) is 6.65. The second kappa shape index (κ2) is 5.01. The van der Waals surface area contributed by atoms with Crippen molar-refractivity contribution in [2.75, 3.05) is 0 Å². The lowest BCUT2D eigenvalue weighted by Crippen LogP contribution is -1.89. The maximum absolute atomic E-state index is 13.8. The van der Waals surface area contributed by atoms with Crippen LogP contribution in [0.4, 0.5) is 10.1 Å². The molecule has 0 spiro atoms. The van der Waals surface area contributed by atoms with Crippen molar-refractivity contribution in [1.82, 2.24) is 4.98 Å². The van der Waals surface area contributed by atoms with E-state index in [0.717, 1.165) is 21.1 Å². The lowest BCUT2D eigenvalue weighted by molar-refractivity contribution is 0.447. The van der Waals surface area contributed by atoms with Crippen molar-refractivity contribution in [2.24, 2.45) is 5.18 Å². The molecule has 20 heavy (non-hydrogen) atoms. The number of pyridine rings is 1. The number of hydrogen-bond acceptors (Lipinski definition) is 5. The highest BCUT2D eigenvalue weighted by Crippen LogP contribution is 2.33. The standard InChI is InChI=1S/C13H8BFN2O2S/c14-12-6-9-13(20-12)11(3-4-16-9)19-10-2-1-7(17-18)5-8(10)15/h1-6H,14H2. The number of benzene rings is 1. The fourth-order valence-electron chi connectivity index (χ4n) is 1.86. The maximum Gasteiger partial charge on any atom is 0.167 e. The minimum atomic E-state index is -0.625. The average Bonchev–Trinajstić information content (AvgIpc) is 2.82. The van der Waals surface area contributed by atoms with Gasteiger partial charge in [0.2, 0.25) is 0 Å². The first-order chi connectivity index (χ1) is 9.67. The molecular weight excluding hydrogens is 278 g/mol. The molecule has 7 heteroatoms. The van der Waals surface area contributed by atoms with E-state index in [1.165, 1.54) is 23.5 Å². The molecule has 98 valence electrons. The van der Waals surface area contributed by atoms with Crippen LogP contribution in [0, 0.1) is 10.7 Å². The van der Waals surface area contributed by atoms with Gasteiger partial charge in [-0.15, -0.1) is 16.2 Å². The normalized spacial score (nSPS) is 10.7. The Morgan fingerprint density at radius 2 is 2.10 bits per heavy atom. The summed E-state index contributed by atoms with van der Waals surface area (Å²) in [5, 5.41) is 2.68. The zero-order chi connectivity index (χ0) is 14.1. The minimum Gasteiger partial charge on any atom is -0.453 e. The molecule has 0 radical (unpaired) electrons. The van der Waals surface area contributed by atoms with E-state index in [1.54, 1.807) is 12.3 Å². The molecule has 0 unspecified atom stereocenters. The number of thiophene rings is 1. The molecule has 0 atom stereocenters. The molecule has 0 fully saturated rings. The molecular formula is C13H8BFN2O2S. The summed E-state index contributed by atoms with van der Waals surface area (Å²) in [7, 11) is 1.97. The van der Waals surface area contributed by atoms with Crippen LogP contribution < -0.4 is 9.51 Å². The van der Waals surface area contributed by atoms with E-state index in [1.807, 2.05) is 13.9 Å². The fraction of sp³-hybridized carbons (Fsp3) is 0. The van der Waals surface area contributed by atoms with E-state index in [0.29, 0.717) is 5.75 Å². The SMILES string of the molecule is Bc1cc2nccc(Oc3ccc(N=O)cc3F)c2s1. The highest BCUT2D eigenvalue weighted by Gasteiger charge is 2.11. The molecule has 3 aromatic rings. The van der Waals surface area contributed by atoms with Crippen LogP contribution >= 0.6 is 11.3 Å². The summed E-state index contributed by atoms with van der Waals surface area (Å²) in [6.07, 6.45) is 1.61. The van der Waals surface area contributed by atoms with E-state index in [2.05, 4.69) is 10.2 Å². The number of aromatic nitrogens is 1. The summed E-state index contributed by atoms with van der Waals surface area (Å²) in [6.45, 7) is 0. The largest absolute Gasteiger partial charge is 0.453 e. The highest BCUT2D eigenvalue weighted by molar-refractivity contribution is 7.26. The van der Waals surface area contributed by atoms with Crippen molar-refractivity contribution >= 4 is 39.9 Å². The Hall–Kier alpha value is -2.28. The number of nitroso groups, excluding NO2 is 1. The van der Waals surface area contributed by atoms with Crippen LogP contribution in [0.25, 0.3) is 10.2 Å². The Kier molecular flexibility index (Phi) is 3.19. The van der Waals surface area contributed by atoms with Gasteiger partial charge in [-0.05, 0) is 28.2 Å². The molecule has 2 heterocycles. The number of rotatable bonds is 3. The molecule has 0 amide bonds. The maximum atomic E-state index is 13.8. The van der Waals surface area contributed by atoms with Gasteiger partial charge in [0.1, 0.15) is 11.4 Å². The number of ether oxygens (including phenoxy) is 1. The van der Waals surface area contributed by atoms with Gasteiger partial charge in [0.25, 0.3) is 0 Å². The molecule has 0 aliphatic rings. The number of hydrogen-bond donors (Lipinski definition) is 0. The van der Waals surface area contributed by atoms with Crippen molar-refractivity contribution in [2.45, 2.75) is 0 Å². The molecule has 3 rings (SSSR count). The van der Waals surface area contributed by atoms with E-state index < -0.39 is 5.82 Å². The predicted octanol–water partition coefficient (Wildman–Crippen LogP) is 2.88. The number of halogens is 1. The quantitative estimate of drug-likeness (QED) is 0.549. The Morgan fingerprint density at radius 1 is 1.25 bits per heavy atom. The molecule has 1 aromatic carbocycles. The van der Waals surface area contributed by atoms with Crippen LogP contribution in [0.1, 0.15) is 0 Å². The minimum absolute atomic E-state index is 0.0293. The monoisotopic (exact) mass is 286 g/mol. The third-order valence-corrected chi connectivity index (χ3v) is 3.79. The average molecular weight is 286 g/mol. The van der Waals surface area contributed by atoms with Gasteiger partial charge in [0, 0.05) is 18.3 Å². The number of nitrogens with zero attached hydrogens (tertiary/aromatic N) is 2. The second-order valence-electron chi connectivity index (χ2n) is 4.19. The van der Waals surface area contributed by atoms with Crippen LogP contribution in [-0.4, -0.2) is 12.8 Å². The van der Waals surface area contributed by atoms with Crippen LogP contribution in [0.15, 0.2) is 41.7 Å². The zero-order valence-corrected chi connectivity index (χ0v) is 11.3. The van der Waals surface area contributed by atoms with Crippen LogP contribution in [0.2, 0.25) is 0 Å². The summed E-state index contributed by atoms with van der Waals surface area (Å²) in [6, 6.07) is 7.47. The molecule has 0 saturated heterocycles. The third kappa shape index (κ3) is 2.27. The van der Waals surface area contributed by atoms with E-state index >= 15 is 0 Å². The van der Waals surface area contributed by atoms with Gasteiger partial charge >= 0.3 is 0 Å². The van der Waals surface area contributed by atoms with Gasteiger partial charge in [-0.2, -0.15) is 0 Å². The molecule has 0 N–H and O–H groups in total. The predicted molar refractivity (Wildman–Crippen MR) is 79.7 cm³/mol. The molecule has 0 aliphatic carbocycles. The Balaban J connectivity index is 2.03. The smallest absolute Gasteiger partial charge is 0.167 e. The van der Waals surface area contributed by atoms with Gasteiger partial charge in [0.15, 0.2) is 19.4 Å². The van der Waals surface area contributed by atoms with Crippen molar-refractivity contribution in [1.29, 1.82) is 0 Å². The van der Waals surface area contributed by atoms with Crippen molar-refractivity contribution in [3.8, 4) is 11.5 Å². The van der Waals surface area contributed by atoms with Gasteiger partial charge < -0.3 is 4.74 Å². The lowest BCUT2D eigenvalue weighted by Gasteiger charge is -2.07. The molecule has 2 aromatic heterocycles. The summed E-state index contributed by atoms with van der Waals surface area (Å²) in [4.78, 5) is 14.6. The second-order valence-corrected chi connectivity index (χ2v) is 5.44. The summed E-state index contributed by atoms with van der Waals surface area (Å²) < 4.78 is 21.3. The third-order valence-electron chi connectivity index (χ3n) is 2.74. The van der Waals surface area contributed by atoms with Gasteiger partial charge in [-0.25, -0.2) is 4.39 Å². The van der Waals surface area contributed by atoms with Crippen molar-refractivity contribution in [3.05, 3.63) is 47.3 Å². The zero-order valence-electron chi connectivity index (χ0n) is 10.5. The van der Waals surface area contributed by atoms with Crippen LogP contribution in [0.5, 0.6) is 11.5 Å². The first kappa shape index (κ1) is 12.7. The van der Waals surface area contributed by atoms with E-state index in [4.69, 9.17) is 4.74 Å². The van der Waals surface area contributed by atoms with Crippen molar-refractivity contribution < 1.29 is 9.13 Å². The summed E-state index contributed by atoms with van der Waals surface area (Å²) in [5.74, 6) is -0.0323. The lowest BCUT2D eigenvalue weighted by atomic mass is 10.1.